The number of aromatic amines is 1. The molecule has 0 saturated carbocycles. The molecule has 1 N–H and O–H groups in total. The summed E-state index contributed by atoms with van der Waals surface area (Å²) in [5.74, 6) is -0.171. The predicted octanol–water partition coefficient (Wildman–Crippen LogP) is 5.92. The van der Waals surface area contributed by atoms with Crippen LogP contribution in [0, 0.1) is 5.21 Å². The summed E-state index contributed by atoms with van der Waals surface area (Å²) in [6.07, 6.45) is -2.07. The molecule has 5 aromatic rings. The van der Waals surface area contributed by atoms with Crippen LogP contribution in [0.1, 0.15) is 57.0 Å². The molecule has 17 nitrogen and oxygen atoms in total. The van der Waals surface area contributed by atoms with Gasteiger partial charge in [-0.25, -0.2) is 14.7 Å². The number of hydrazine groups is 1. The third-order valence-corrected chi connectivity index (χ3v) is 7.85. The maximum Gasteiger partial charge on any atom is 0.511 e. The number of tetrazole rings is 1. The van der Waals surface area contributed by atoms with E-state index in [1.165, 1.54) is 11.9 Å². The van der Waals surface area contributed by atoms with E-state index in [1.807, 2.05) is 76.2 Å². The number of nitrogens with one attached hydrogen (secondary N) is 1. The summed E-state index contributed by atoms with van der Waals surface area (Å²) >= 11 is 0. The molecule has 5 rings (SSSR count). The molecular formula is C35H41N9O8. The fraction of sp³-hybridized carbons (Fsp3) is 0.371. The van der Waals surface area contributed by atoms with Crippen molar-refractivity contribution in [2.45, 2.75) is 59.4 Å². The maximum atomic E-state index is 13.4. The van der Waals surface area contributed by atoms with Crippen LogP contribution in [0.4, 0.5) is 4.79 Å². The molecule has 17 heteroatoms. The third kappa shape index (κ3) is 9.09. The second-order valence-corrected chi connectivity index (χ2v) is 12.5. The Hall–Kier alpha value is -6.26. The van der Waals surface area contributed by atoms with E-state index in [4.69, 9.17) is 23.8 Å². The number of nitrogens with zero attached hydrogens (tertiary/aromatic N) is 8. The number of benzene rings is 3. The highest BCUT2D eigenvalue weighted by atomic mass is 16.8. The first-order valence-electron chi connectivity index (χ1n) is 16.6. The van der Waals surface area contributed by atoms with Crippen LogP contribution >= 0.6 is 0 Å². The lowest BCUT2D eigenvalue weighted by atomic mass is 9.98. The Kier molecular flexibility index (Phi) is 11.8. The van der Waals surface area contributed by atoms with E-state index in [1.54, 1.807) is 29.8 Å². The van der Waals surface area contributed by atoms with Crippen molar-refractivity contribution in [3.05, 3.63) is 83.1 Å². The number of esters is 1. The monoisotopic (exact) mass is 715 g/mol. The fourth-order valence-corrected chi connectivity index (χ4v) is 4.99. The zero-order valence-corrected chi connectivity index (χ0v) is 29.8. The first-order valence-corrected chi connectivity index (χ1v) is 16.6. The molecule has 1 atom stereocenters. The SMILES string of the molecule is CCOc1nc2cccc(C(=O)OC(C)OC(=O)OCCCO/N=[N+](\[O-])N(C)C(C)(C)C)c2n1Cc1ccc(-c2ccccc2-c2nnn[nH]2)cc1. The molecule has 2 aromatic heterocycles. The van der Waals surface area contributed by atoms with Crippen molar-refractivity contribution in [2.75, 3.05) is 26.9 Å². The average Bonchev–Trinajstić information content (AvgIpc) is 3.78. The Morgan fingerprint density at radius 3 is 2.46 bits per heavy atom. The highest BCUT2D eigenvalue weighted by Crippen LogP contribution is 2.31. The number of para-hydroxylation sites is 1. The molecule has 2 heterocycles. The normalized spacial score (nSPS) is 12.3. The van der Waals surface area contributed by atoms with Crippen LogP contribution in [0.25, 0.3) is 33.5 Å². The number of ether oxygens (including phenoxy) is 4. The summed E-state index contributed by atoms with van der Waals surface area (Å²) in [7, 11) is 1.59. The van der Waals surface area contributed by atoms with Gasteiger partial charge < -0.3 is 29.0 Å². The molecule has 0 amide bonds. The topological polar surface area (TPSA) is 194 Å². The zero-order chi connectivity index (χ0) is 37.3. The van der Waals surface area contributed by atoms with Crippen LogP contribution in [0.15, 0.2) is 72.0 Å². The number of carbonyl (C=O) groups excluding carboxylic acids is 2. The van der Waals surface area contributed by atoms with Gasteiger partial charge in [0.25, 0.3) is 6.01 Å². The van der Waals surface area contributed by atoms with Crippen molar-refractivity contribution in [1.82, 2.24) is 35.2 Å². The van der Waals surface area contributed by atoms with Gasteiger partial charge in [0.2, 0.25) is 11.6 Å². The molecule has 0 saturated heterocycles. The lowest BCUT2D eigenvalue weighted by molar-refractivity contribution is -0.719. The van der Waals surface area contributed by atoms with Gasteiger partial charge in [-0.1, -0.05) is 54.6 Å². The van der Waals surface area contributed by atoms with Gasteiger partial charge in [0.1, 0.15) is 6.61 Å². The lowest BCUT2D eigenvalue weighted by Gasteiger charge is -2.26. The van der Waals surface area contributed by atoms with Gasteiger partial charge in [0.15, 0.2) is 5.82 Å². The number of rotatable bonds is 15. The number of H-pyrrole nitrogens is 1. The molecule has 0 aliphatic heterocycles. The minimum Gasteiger partial charge on any atom is -0.569 e. The van der Waals surface area contributed by atoms with Gasteiger partial charge in [0, 0.05) is 18.9 Å². The van der Waals surface area contributed by atoms with Gasteiger partial charge >= 0.3 is 12.1 Å². The van der Waals surface area contributed by atoms with Crippen LogP contribution < -0.4 is 4.74 Å². The van der Waals surface area contributed by atoms with Crippen molar-refractivity contribution >= 4 is 23.2 Å². The van der Waals surface area contributed by atoms with Crippen LogP contribution in [-0.4, -0.2) is 91.0 Å². The molecule has 0 radical (unpaired) electrons. The summed E-state index contributed by atoms with van der Waals surface area (Å²) in [5, 5.41) is 31.0. The van der Waals surface area contributed by atoms with Crippen LogP contribution in [-0.2, 0) is 25.6 Å². The number of hydrogen-bond acceptors (Lipinski definition) is 13. The molecule has 3 aromatic carbocycles. The van der Waals surface area contributed by atoms with Crippen molar-refractivity contribution in [3.63, 3.8) is 0 Å². The Bertz CT molecular complexity index is 1990. The van der Waals surface area contributed by atoms with Crippen LogP contribution in [0.2, 0.25) is 0 Å². The molecule has 0 aliphatic rings. The fourth-order valence-electron chi connectivity index (χ4n) is 4.99. The minimum absolute atomic E-state index is 0.0235. The Labute approximate surface area is 299 Å². The summed E-state index contributed by atoms with van der Waals surface area (Å²) in [6.45, 7) is 9.44. The van der Waals surface area contributed by atoms with Crippen molar-refractivity contribution in [3.8, 4) is 28.5 Å². The highest BCUT2D eigenvalue weighted by molar-refractivity contribution is 6.02. The second kappa shape index (κ2) is 16.6. The van der Waals surface area contributed by atoms with Crippen molar-refractivity contribution < 1.29 is 38.3 Å². The number of aromatic nitrogens is 6. The summed E-state index contributed by atoms with van der Waals surface area (Å²) in [6, 6.07) is 21.2. The van der Waals surface area contributed by atoms with Gasteiger partial charge in [-0.15, -0.1) is 10.1 Å². The maximum absolute atomic E-state index is 13.4. The van der Waals surface area contributed by atoms with E-state index in [9.17, 15) is 14.8 Å². The molecule has 0 fully saturated rings. The third-order valence-electron chi connectivity index (χ3n) is 7.85. The Morgan fingerprint density at radius 2 is 1.77 bits per heavy atom. The van der Waals surface area contributed by atoms with Gasteiger partial charge in [0.05, 0.1) is 53.9 Å². The van der Waals surface area contributed by atoms with E-state index in [0.717, 1.165) is 22.3 Å². The van der Waals surface area contributed by atoms with Crippen LogP contribution in [0.5, 0.6) is 6.01 Å². The largest absolute Gasteiger partial charge is 0.569 e. The molecular weight excluding hydrogens is 674 g/mol. The van der Waals surface area contributed by atoms with Crippen molar-refractivity contribution in [2.24, 2.45) is 5.28 Å². The lowest BCUT2D eigenvalue weighted by Crippen LogP contribution is -2.42. The van der Waals surface area contributed by atoms with Gasteiger partial charge in [-0.2, -0.15) is 4.98 Å². The molecule has 1 unspecified atom stereocenters. The van der Waals surface area contributed by atoms with E-state index in [2.05, 4.69) is 30.9 Å². The van der Waals surface area contributed by atoms with E-state index in [-0.39, 0.29) is 25.2 Å². The number of fused-ring (bicyclic) bond motifs is 1. The quantitative estimate of drug-likeness (QED) is 0.0336. The summed E-state index contributed by atoms with van der Waals surface area (Å²) in [4.78, 5) is 35.6. The second-order valence-electron chi connectivity index (χ2n) is 12.5. The summed E-state index contributed by atoms with van der Waals surface area (Å²) < 4.78 is 23.3. The standard InChI is InChI=1S/C35H41N9O8/c1-7-48-33-36-29-15-10-14-28(32(45)51-23(2)52-34(46)49-20-11-21-50-41-44(47)42(6)35(3,4)5)30(29)43(33)22-24-16-18-25(19-17-24)26-12-8-9-13-27(26)31-37-39-40-38-31/h8-10,12-19,23H,7,11,20-22H2,1-6H3,(H,37,38,39,40)/b44-41-. The zero-order valence-electron chi connectivity index (χ0n) is 29.8. The highest BCUT2D eigenvalue weighted by Gasteiger charge is 2.25. The Balaban J connectivity index is 1.22. The van der Waals surface area contributed by atoms with E-state index >= 15 is 0 Å². The molecule has 0 bridgehead atoms. The average molecular weight is 716 g/mol. The molecule has 52 heavy (non-hydrogen) atoms. The first kappa shape index (κ1) is 37.0. The van der Waals surface area contributed by atoms with Crippen molar-refractivity contribution in [1.29, 1.82) is 0 Å². The molecule has 0 spiro atoms. The van der Waals surface area contributed by atoms with E-state index < -0.39 is 24.0 Å². The predicted molar refractivity (Wildman–Crippen MR) is 187 cm³/mol. The molecule has 274 valence electrons. The van der Waals surface area contributed by atoms with Gasteiger partial charge in [-0.05, 0) is 66.9 Å². The van der Waals surface area contributed by atoms with Crippen LogP contribution in [0.3, 0.4) is 0 Å². The van der Waals surface area contributed by atoms with E-state index in [0.29, 0.717) is 41.0 Å². The summed E-state index contributed by atoms with van der Waals surface area (Å²) in [5.41, 5.74) is 4.49. The minimum atomic E-state index is -1.27. The smallest absolute Gasteiger partial charge is 0.511 e. The van der Waals surface area contributed by atoms with Gasteiger partial charge in [-0.3, -0.25) is 4.57 Å². The number of hydrogen-bond donors (Lipinski definition) is 1. The molecule has 0 aliphatic carbocycles. The first-order chi connectivity index (χ1) is 25.0. The number of imidazole rings is 1. The Morgan fingerprint density at radius 1 is 1.02 bits per heavy atom. The number of carbonyl (C=O) groups is 2.